The van der Waals surface area contributed by atoms with Crippen molar-refractivity contribution in [3.05, 3.63) is 77.9 Å². The van der Waals surface area contributed by atoms with Crippen LogP contribution >= 0.6 is 0 Å². The lowest BCUT2D eigenvalue weighted by molar-refractivity contribution is 0.0951. The number of carbonyl (C=O) groups is 1. The van der Waals surface area contributed by atoms with Gasteiger partial charge in [-0.05, 0) is 61.3 Å². The van der Waals surface area contributed by atoms with Gasteiger partial charge in [0.05, 0.1) is 0 Å². The van der Waals surface area contributed by atoms with Gasteiger partial charge in [0, 0.05) is 24.3 Å². The molecule has 2 heterocycles. The van der Waals surface area contributed by atoms with E-state index in [-0.39, 0.29) is 5.91 Å². The topological polar surface area (TPSA) is 63.1 Å². The van der Waals surface area contributed by atoms with Crippen LogP contribution in [0.15, 0.2) is 61.2 Å². The summed E-state index contributed by atoms with van der Waals surface area (Å²) in [5.74, 6) is -0.0711. The molecular formula is C23H27N5O. The number of aromatic nitrogens is 3. The molecule has 150 valence electrons. The molecule has 4 rings (SSSR count). The lowest BCUT2D eigenvalue weighted by Crippen LogP contribution is -2.24. The molecule has 1 amide bonds. The highest BCUT2D eigenvalue weighted by atomic mass is 16.1. The second-order valence-corrected chi connectivity index (χ2v) is 7.61. The fourth-order valence-electron chi connectivity index (χ4n) is 3.79. The molecule has 29 heavy (non-hydrogen) atoms. The minimum absolute atomic E-state index is 0.0711. The molecule has 1 fully saturated rings. The van der Waals surface area contributed by atoms with E-state index in [4.69, 9.17) is 0 Å². The molecule has 0 bridgehead atoms. The van der Waals surface area contributed by atoms with Gasteiger partial charge in [-0.1, -0.05) is 37.1 Å². The third-order valence-corrected chi connectivity index (χ3v) is 5.40. The van der Waals surface area contributed by atoms with Crippen LogP contribution < -0.4 is 5.32 Å². The standard InChI is InChI=1S/C23H27N5O/c29-23(21-8-10-22(11-9-21)28-17-25-26-18-28)24-15-19-6-5-7-20(14-19)16-27-12-3-1-2-4-13-27/h5-11,14,17-18H,1-4,12-13,15-16H2,(H,24,29). The lowest BCUT2D eigenvalue weighted by atomic mass is 10.1. The maximum absolute atomic E-state index is 12.5. The van der Waals surface area contributed by atoms with Crippen LogP contribution in [0, 0.1) is 0 Å². The molecule has 3 aromatic rings. The van der Waals surface area contributed by atoms with E-state index in [1.807, 2.05) is 24.3 Å². The molecule has 6 nitrogen and oxygen atoms in total. The van der Waals surface area contributed by atoms with Crippen molar-refractivity contribution in [1.82, 2.24) is 25.0 Å². The predicted molar refractivity (Wildman–Crippen MR) is 113 cm³/mol. The molecule has 0 aliphatic carbocycles. The van der Waals surface area contributed by atoms with Gasteiger partial charge in [-0.3, -0.25) is 14.3 Å². The molecule has 0 unspecified atom stereocenters. The molecule has 1 N–H and O–H groups in total. The maximum Gasteiger partial charge on any atom is 0.251 e. The Bertz CT molecular complexity index is 913. The first-order valence-electron chi connectivity index (χ1n) is 10.3. The quantitative estimate of drug-likeness (QED) is 0.700. The van der Waals surface area contributed by atoms with Crippen molar-refractivity contribution < 1.29 is 4.79 Å². The summed E-state index contributed by atoms with van der Waals surface area (Å²) in [6.07, 6.45) is 8.56. The lowest BCUT2D eigenvalue weighted by Gasteiger charge is -2.20. The third-order valence-electron chi connectivity index (χ3n) is 5.40. The van der Waals surface area contributed by atoms with Crippen molar-refractivity contribution in [2.45, 2.75) is 38.8 Å². The Kier molecular flexibility index (Phi) is 6.32. The number of nitrogens with one attached hydrogen (secondary N) is 1. The van der Waals surface area contributed by atoms with Gasteiger partial charge in [0.15, 0.2) is 0 Å². The number of hydrogen-bond acceptors (Lipinski definition) is 4. The average Bonchev–Trinajstić information content (AvgIpc) is 3.18. The Morgan fingerprint density at radius 2 is 1.59 bits per heavy atom. The van der Waals surface area contributed by atoms with Crippen LogP contribution in [0.3, 0.4) is 0 Å². The monoisotopic (exact) mass is 389 g/mol. The summed E-state index contributed by atoms with van der Waals surface area (Å²) >= 11 is 0. The van der Waals surface area contributed by atoms with E-state index in [1.165, 1.54) is 44.3 Å². The Hall–Kier alpha value is -2.99. The highest BCUT2D eigenvalue weighted by Crippen LogP contribution is 2.15. The second kappa shape index (κ2) is 9.47. The Morgan fingerprint density at radius 1 is 0.897 bits per heavy atom. The number of hydrogen-bond donors (Lipinski definition) is 1. The van der Waals surface area contributed by atoms with Gasteiger partial charge < -0.3 is 5.32 Å². The summed E-state index contributed by atoms with van der Waals surface area (Å²) in [5, 5.41) is 10.6. The molecule has 0 radical (unpaired) electrons. The molecule has 2 aromatic carbocycles. The SMILES string of the molecule is O=C(NCc1cccc(CN2CCCCCC2)c1)c1ccc(-n2cnnc2)cc1. The zero-order chi connectivity index (χ0) is 19.9. The van der Waals surface area contributed by atoms with E-state index in [2.05, 4.69) is 44.7 Å². The van der Waals surface area contributed by atoms with Crippen molar-refractivity contribution in [1.29, 1.82) is 0 Å². The Morgan fingerprint density at radius 3 is 2.31 bits per heavy atom. The summed E-state index contributed by atoms with van der Waals surface area (Å²) in [4.78, 5) is 15.0. The van der Waals surface area contributed by atoms with Gasteiger partial charge in [0.25, 0.3) is 5.91 Å². The fraction of sp³-hybridized carbons (Fsp3) is 0.348. The molecule has 1 aromatic heterocycles. The summed E-state index contributed by atoms with van der Waals surface area (Å²) < 4.78 is 1.80. The van der Waals surface area contributed by atoms with Gasteiger partial charge in [0.2, 0.25) is 0 Å². The number of amides is 1. The fourth-order valence-corrected chi connectivity index (χ4v) is 3.79. The highest BCUT2D eigenvalue weighted by molar-refractivity contribution is 5.94. The van der Waals surface area contributed by atoms with Crippen LogP contribution in [0.2, 0.25) is 0 Å². The van der Waals surface area contributed by atoms with Crippen molar-refractivity contribution in [3.63, 3.8) is 0 Å². The van der Waals surface area contributed by atoms with Crippen LogP contribution in [0.5, 0.6) is 0 Å². The van der Waals surface area contributed by atoms with Crippen LogP contribution in [-0.2, 0) is 13.1 Å². The van der Waals surface area contributed by atoms with Crippen molar-refractivity contribution >= 4 is 5.91 Å². The molecular weight excluding hydrogens is 362 g/mol. The van der Waals surface area contributed by atoms with Crippen LogP contribution in [-0.4, -0.2) is 38.7 Å². The highest BCUT2D eigenvalue weighted by Gasteiger charge is 2.10. The summed E-state index contributed by atoms with van der Waals surface area (Å²) in [6.45, 7) is 3.89. The van der Waals surface area contributed by atoms with E-state index < -0.39 is 0 Å². The second-order valence-electron chi connectivity index (χ2n) is 7.61. The van der Waals surface area contributed by atoms with Crippen molar-refractivity contribution in [3.8, 4) is 5.69 Å². The van der Waals surface area contributed by atoms with E-state index in [0.717, 1.165) is 17.8 Å². The largest absolute Gasteiger partial charge is 0.348 e. The predicted octanol–water partition coefficient (Wildman–Crippen LogP) is 3.57. The zero-order valence-corrected chi connectivity index (χ0v) is 16.6. The van der Waals surface area contributed by atoms with E-state index in [0.29, 0.717) is 12.1 Å². The summed E-state index contributed by atoms with van der Waals surface area (Å²) in [5.41, 5.74) is 4.01. The molecule has 0 saturated carbocycles. The van der Waals surface area contributed by atoms with Gasteiger partial charge >= 0.3 is 0 Å². The minimum Gasteiger partial charge on any atom is -0.348 e. The average molecular weight is 390 g/mol. The van der Waals surface area contributed by atoms with E-state index >= 15 is 0 Å². The zero-order valence-electron chi connectivity index (χ0n) is 16.6. The first-order valence-corrected chi connectivity index (χ1v) is 10.3. The molecule has 6 heteroatoms. The van der Waals surface area contributed by atoms with E-state index in [9.17, 15) is 4.79 Å². The number of nitrogens with zero attached hydrogens (tertiary/aromatic N) is 4. The number of carbonyl (C=O) groups excluding carboxylic acids is 1. The first-order chi connectivity index (χ1) is 14.3. The van der Waals surface area contributed by atoms with Gasteiger partial charge in [-0.15, -0.1) is 10.2 Å². The third kappa shape index (κ3) is 5.29. The first kappa shape index (κ1) is 19.3. The number of likely N-dealkylation sites (tertiary alicyclic amines) is 1. The van der Waals surface area contributed by atoms with Gasteiger partial charge in [0.1, 0.15) is 12.7 Å². The van der Waals surface area contributed by atoms with Crippen LogP contribution in [0.25, 0.3) is 5.69 Å². The minimum atomic E-state index is -0.0711. The van der Waals surface area contributed by atoms with Gasteiger partial charge in [-0.2, -0.15) is 0 Å². The van der Waals surface area contributed by atoms with Gasteiger partial charge in [-0.25, -0.2) is 0 Å². The van der Waals surface area contributed by atoms with Crippen LogP contribution in [0.4, 0.5) is 0 Å². The van der Waals surface area contributed by atoms with E-state index in [1.54, 1.807) is 17.2 Å². The Labute approximate surface area is 171 Å². The molecule has 0 atom stereocenters. The normalized spacial score (nSPS) is 15.0. The molecule has 0 spiro atoms. The summed E-state index contributed by atoms with van der Waals surface area (Å²) in [7, 11) is 0. The maximum atomic E-state index is 12.5. The Balaban J connectivity index is 1.33. The van der Waals surface area contributed by atoms with Crippen LogP contribution in [0.1, 0.15) is 47.2 Å². The molecule has 1 aliphatic rings. The molecule has 1 aliphatic heterocycles. The number of rotatable bonds is 6. The smallest absolute Gasteiger partial charge is 0.251 e. The summed E-state index contributed by atoms with van der Waals surface area (Å²) in [6, 6.07) is 16.0. The van der Waals surface area contributed by atoms with Crippen molar-refractivity contribution in [2.24, 2.45) is 0 Å². The number of benzene rings is 2. The van der Waals surface area contributed by atoms with Crippen molar-refractivity contribution in [2.75, 3.05) is 13.1 Å². The molecule has 1 saturated heterocycles.